The van der Waals surface area contributed by atoms with Gasteiger partial charge in [-0.15, -0.1) is 13.2 Å². The molecule has 0 aliphatic heterocycles. The average molecular weight is 604 g/mol. The summed E-state index contributed by atoms with van der Waals surface area (Å²) < 4.78 is 0. The zero-order valence-electron chi connectivity index (χ0n) is 31.1. The first-order chi connectivity index (χ1) is 20.2. The maximum absolute atomic E-state index is 4.49. The van der Waals surface area contributed by atoms with Gasteiger partial charge in [0.2, 0.25) is 0 Å². The number of nitrogens with one attached hydrogen (secondary N) is 2. The predicted molar refractivity (Wildman–Crippen MR) is 200 cm³/mol. The molecule has 0 spiro atoms. The van der Waals surface area contributed by atoms with E-state index in [1.807, 2.05) is 46.8 Å². The molecule has 43 heavy (non-hydrogen) atoms. The Hall–Kier alpha value is -1.81. The molecule has 0 aliphatic rings. The molecule has 0 radical (unpaired) electrons. The molecule has 2 N–H and O–H groups in total. The van der Waals surface area contributed by atoms with Crippen LogP contribution in [0.3, 0.4) is 0 Å². The first-order valence-electron chi connectivity index (χ1n) is 16.4. The molecule has 0 saturated heterocycles. The number of anilines is 2. The van der Waals surface area contributed by atoms with Gasteiger partial charge in [0.1, 0.15) is 0 Å². The first kappa shape index (κ1) is 50.8. The molecular weight excluding hydrogens is 533 g/mol. The Morgan fingerprint density at radius 2 is 1.51 bits per heavy atom. The van der Waals surface area contributed by atoms with Crippen molar-refractivity contribution in [1.82, 2.24) is 0 Å². The van der Waals surface area contributed by atoms with Crippen molar-refractivity contribution in [1.29, 1.82) is 0 Å². The normalized spacial score (nSPS) is 12.7. The Morgan fingerprint density at radius 3 is 1.95 bits per heavy atom. The largest absolute Gasteiger partial charge is 1.00 e. The minimum absolute atomic E-state index is 0. The van der Waals surface area contributed by atoms with E-state index in [0.29, 0.717) is 12.0 Å². The number of hydrogen-bond donors (Lipinski definition) is 2. The fourth-order valence-electron chi connectivity index (χ4n) is 3.20. The standard InChI is InChI=1S/C28H41N3.C4H10.C3H7.2C2H6.Na/c1-9-14-25(11-3)22(6)15-13-16-26(12-4)24(8)31-28-18-21(5)17-27(19-28)30-20-29-23(7)10-2;1-3-4-2;1-3-2;2*1-2;/h9,11-13,15-20,23-25,31H,1,3,10,14H2,2,4-8H3,(H,29,30);3-4H2,1-2H3;1,3H2,2H3;2*1-2H3;/q;;-1;;;+1/b16-13-,22-15+,26-12+;;;;;. The Kier molecular flexibility index (Phi) is 45.1. The van der Waals surface area contributed by atoms with Gasteiger partial charge in [0.05, 0.1) is 6.34 Å². The van der Waals surface area contributed by atoms with E-state index in [1.54, 1.807) is 6.34 Å². The number of aryl methyl sites for hydroxylation is 1. The van der Waals surface area contributed by atoms with E-state index >= 15 is 0 Å². The van der Waals surface area contributed by atoms with Gasteiger partial charge in [-0.3, -0.25) is 4.99 Å². The van der Waals surface area contributed by atoms with Gasteiger partial charge in [-0.2, -0.15) is 6.42 Å². The second-order valence-corrected chi connectivity index (χ2v) is 9.56. The topological polar surface area (TPSA) is 36.4 Å². The second kappa shape index (κ2) is 38.2. The summed E-state index contributed by atoms with van der Waals surface area (Å²) in [7, 11) is 0. The SMILES string of the molecule is C=CCC(C=C)/C(C)=C/C=C\C(=C/C)C(C)Nc1cc(C)cc(NC=NC(C)CC)c1.CC.CC.CCCC.[CH2-]CC.[Na+]. The molecule has 0 fully saturated rings. The summed E-state index contributed by atoms with van der Waals surface area (Å²) in [6, 6.07) is 6.93. The van der Waals surface area contributed by atoms with Crippen molar-refractivity contribution < 1.29 is 29.6 Å². The van der Waals surface area contributed by atoms with E-state index in [0.717, 1.165) is 30.6 Å². The molecule has 1 aromatic carbocycles. The van der Waals surface area contributed by atoms with Crippen molar-refractivity contribution in [3.05, 3.63) is 91.4 Å². The molecule has 0 heterocycles. The summed E-state index contributed by atoms with van der Waals surface area (Å²) >= 11 is 0. The summed E-state index contributed by atoms with van der Waals surface area (Å²) in [6.07, 6.45) is 19.9. The molecule has 1 aromatic rings. The van der Waals surface area contributed by atoms with Crippen LogP contribution >= 0.6 is 0 Å². The maximum atomic E-state index is 4.49. The van der Waals surface area contributed by atoms with Crippen molar-refractivity contribution in [3.8, 4) is 0 Å². The van der Waals surface area contributed by atoms with Crippen LogP contribution in [0.4, 0.5) is 11.4 Å². The van der Waals surface area contributed by atoms with E-state index in [4.69, 9.17) is 0 Å². The number of unbranched alkanes of at least 4 members (excludes halogenated alkanes) is 1. The number of rotatable bonds is 14. The molecular formula is C39H70N3Na. The third-order valence-corrected chi connectivity index (χ3v) is 5.88. The molecule has 3 nitrogen and oxygen atoms in total. The molecule has 0 saturated carbocycles. The predicted octanol–water partition coefficient (Wildman–Crippen LogP) is 9.95. The van der Waals surface area contributed by atoms with Gasteiger partial charge in [0.25, 0.3) is 0 Å². The quantitative estimate of drug-likeness (QED) is 0.0554. The van der Waals surface area contributed by atoms with Crippen LogP contribution < -0.4 is 40.2 Å². The molecule has 0 amide bonds. The van der Waals surface area contributed by atoms with Crippen LogP contribution in [0.1, 0.15) is 121 Å². The molecule has 4 heteroatoms. The van der Waals surface area contributed by atoms with E-state index < -0.39 is 0 Å². The monoisotopic (exact) mass is 604 g/mol. The van der Waals surface area contributed by atoms with Crippen LogP contribution in [0.2, 0.25) is 0 Å². The van der Waals surface area contributed by atoms with Gasteiger partial charge in [-0.25, -0.2) is 0 Å². The smallest absolute Gasteiger partial charge is 0.378 e. The molecule has 0 aromatic heterocycles. The summed E-state index contributed by atoms with van der Waals surface area (Å²) in [5, 5.41) is 6.92. The van der Waals surface area contributed by atoms with Crippen LogP contribution in [0.15, 0.2) is 84.0 Å². The van der Waals surface area contributed by atoms with E-state index in [-0.39, 0.29) is 35.6 Å². The van der Waals surface area contributed by atoms with Crippen LogP contribution in [0, 0.1) is 19.8 Å². The Balaban J connectivity index is -0.000000349. The average Bonchev–Trinajstić information content (AvgIpc) is 3.00. The molecule has 242 valence electrons. The Morgan fingerprint density at radius 1 is 0.977 bits per heavy atom. The van der Waals surface area contributed by atoms with E-state index in [9.17, 15) is 0 Å². The summed E-state index contributed by atoms with van der Waals surface area (Å²) in [4.78, 5) is 4.49. The molecule has 0 aliphatic carbocycles. The number of hydrogen-bond acceptors (Lipinski definition) is 2. The maximum Gasteiger partial charge on any atom is 1.00 e. The first-order valence-corrected chi connectivity index (χ1v) is 16.4. The van der Waals surface area contributed by atoms with Crippen LogP contribution in [0.5, 0.6) is 0 Å². The van der Waals surface area contributed by atoms with Gasteiger partial charge in [0, 0.05) is 29.4 Å². The second-order valence-electron chi connectivity index (χ2n) is 9.56. The van der Waals surface area contributed by atoms with Gasteiger partial charge in [0.15, 0.2) is 0 Å². The van der Waals surface area contributed by atoms with E-state index in [2.05, 4.69) is 134 Å². The Bertz CT molecular complexity index is 878. The Labute approximate surface area is 292 Å². The van der Waals surface area contributed by atoms with Crippen molar-refractivity contribution in [2.45, 2.75) is 134 Å². The van der Waals surface area contributed by atoms with Gasteiger partial charge in [-0.1, -0.05) is 110 Å². The molecule has 3 unspecified atom stereocenters. The van der Waals surface area contributed by atoms with Crippen molar-refractivity contribution in [2.24, 2.45) is 10.9 Å². The van der Waals surface area contributed by atoms with Crippen molar-refractivity contribution >= 4 is 17.7 Å². The summed E-state index contributed by atoms with van der Waals surface area (Å²) in [5.41, 5.74) is 5.85. The van der Waals surface area contributed by atoms with Crippen LogP contribution in [0.25, 0.3) is 0 Å². The third kappa shape index (κ3) is 30.0. The molecule has 1 rings (SSSR count). The van der Waals surface area contributed by atoms with Crippen molar-refractivity contribution in [2.75, 3.05) is 10.6 Å². The number of benzene rings is 1. The van der Waals surface area contributed by atoms with E-state index in [1.165, 1.54) is 29.6 Å². The van der Waals surface area contributed by atoms with Crippen LogP contribution in [-0.2, 0) is 0 Å². The fourth-order valence-corrected chi connectivity index (χ4v) is 3.20. The van der Waals surface area contributed by atoms with Gasteiger partial charge in [-0.05, 0) is 76.8 Å². The number of aliphatic imine (C=N–C) groups is 1. The zero-order valence-corrected chi connectivity index (χ0v) is 33.1. The minimum Gasteiger partial charge on any atom is -0.378 e. The third-order valence-electron chi connectivity index (χ3n) is 5.88. The number of nitrogens with zero attached hydrogens (tertiary/aromatic N) is 1. The molecule has 3 atom stereocenters. The zero-order chi connectivity index (χ0) is 33.3. The van der Waals surface area contributed by atoms with Gasteiger partial charge < -0.3 is 17.6 Å². The summed E-state index contributed by atoms with van der Waals surface area (Å²) in [6.45, 7) is 38.4. The van der Waals surface area contributed by atoms with Gasteiger partial charge >= 0.3 is 29.6 Å². The molecule has 0 bridgehead atoms. The minimum atomic E-state index is 0. The fraction of sp³-hybridized carbons (Fsp3) is 0.538. The van der Waals surface area contributed by atoms with Crippen molar-refractivity contribution in [3.63, 3.8) is 0 Å². The number of allylic oxidation sites excluding steroid dienone is 6. The summed E-state index contributed by atoms with van der Waals surface area (Å²) in [5.74, 6) is 0.342. The van der Waals surface area contributed by atoms with Crippen LogP contribution in [-0.4, -0.2) is 18.4 Å².